The number of aryl methyl sites for hydroxylation is 2. The summed E-state index contributed by atoms with van der Waals surface area (Å²) in [6.07, 6.45) is 0. The van der Waals surface area contributed by atoms with Gasteiger partial charge in [0.2, 0.25) is 0 Å². The predicted octanol–water partition coefficient (Wildman–Crippen LogP) is 2.26. The topological polar surface area (TPSA) is 62.8 Å². The molecule has 92 valence electrons. The second-order valence-electron chi connectivity index (χ2n) is 4.37. The first-order valence-electron chi connectivity index (χ1n) is 5.67. The third-order valence-corrected chi connectivity index (χ3v) is 2.85. The van der Waals surface area contributed by atoms with Crippen LogP contribution in [0, 0.1) is 13.8 Å². The number of H-pyrrole nitrogens is 1. The molecule has 0 amide bonds. The van der Waals surface area contributed by atoms with Gasteiger partial charge in [0.1, 0.15) is 0 Å². The third kappa shape index (κ3) is 2.22. The van der Waals surface area contributed by atoms with Crippen molar-refractivity contribution in [2.24, 2.45) is 0 Å². The number of nitrogens with zero attached hydrogens (tertiary/aromatic N) is 1. The molecule has 1 aromatic heterocycles. The van der Waals surface area contributed by atoms with Crippen LogP contribution in [0.4, 0.5) is 0 Å². The SMILES string of the molecule is CC(=O)c1cc(-c2cc(C)ccc2C)n[nH]c1=O. The van der Waals surface area contributed by atoms with Crippen LogP contribution in [0.1, 0.15) is 28.4 Å². The maximum atomic E-state index is 11.5. The highest BCUT2D eigenvalue weighted by Crippen LogP contribution is 2.22. The van der Waals surface area contributed by atoms with Gasteiger partial charge in [-0.25, -0.2) is 5.10 Å². The largest absolute Gasteiger partial charge is 0.294 e. The fourth-order valence-corrected chi connectivity index (χ4v) is 1.82. The highest BCUT2D eigenvalue weighted by Gasteiger charge is 2.10. The summed E-state index contributed by atoms with van der Waals surface area (Å²) in [5, 5.41) is 6.37. The lowest BCUT2D eigenvalue weighted by Crippen LogP contribution is -2.17. The lowest BCUT2D eigenvalue weighted by atomic mass is 10.0. The summed E-state index contributed by atoms with van der Waals surface area (Å²) in [5.74, 6) is -0.259. The minimum absolute atomic E-state index is 0.140. The van der Waals surface area contributed by atoms with E-state index in [2.05, 4.69) is 10.2 Å². The Kier molecular flexibility index (Phi) is 3.10. The molecule has 1 N–H and O–H groups in total. The van der Waals surface area contributed by atoms with Crippen LogP contribution in [0.25, 0.3) is 11.3 Å². The van der Waals surface area contributed by atoms with Crippen LogP contribution in [-0.2, 0) is 0 Å². The smallest absolute Gasteiger partial charge is 0.275 e. The molecule has 0 saturated heterocycles. The predicted molar refractivity (Wildman–Crippen MR) is 69.8 cm³/mol. The minimum atomic E-state index is -0.448. The molecule has 0 fully saturated rings. The number of hydrogen-bond donors (Lipinski definition) is 1. The van der Waals surface area contributed by atoms with Crippen molar-refractivity contribution in [2.75, 3.05) is 0 Å². The molecular formula is C14H14N2O2. The van der Waals surface area contributed by atoms with E-state index in [4.69, 9.17) is 0 Å². The minimum Gasteiger partial charge on any atom is -0.294 e. The van der Waals surface area contributed by atoms with E-state index in [1.165, 1.54) is 6.92 Å². The fraction of sp³-hybridized carbons (Fsp3) is 0.214. The van der Waals surface area contributed by atoms with E-state index in [0.29, 0.717) is 5.69 Å². The molecule has 0 spiro atoms. The van der Waals surface area contributed by atoms with Crippen molar-refractivity contribution >= 4 is 5.78 Å². The Labute approximate surface area is 105 Å². The van der Waals surface area contributed by atoms with Crippen molar-refractivity contribution in [3.05, 3.63) is 51.3 Å². The van der Waals surface area contributed by atoms with Crippen LogP contribution in [-0.4, -0.2) is 16.0 Å². The summed E-state index contributed by atoms with van der Waals surface area (Å²) in [6.45, 7) is 5.33. The van der Waals surface area contributed by atoms with Gasteiger partial charge in [-0.3, -0.25) is 9.59 Å². The Bertz CT molecular complexity index is 672. The normalized spacial score (nSPS) is 10.4. The number of benzene rings is 1. The molecule has 0 saturated carbocycles. The first-order valence-corrected chi connectivity index (χ1v) is 5.67. The van der Waals surface area contributed by atoms with E-state index >= 15 is 0 Å². The third-order valence-electron chi connectivity index (χ3n) is 2.85. The van der Waals surface area contributed by atoms with E-state index in [1.807, 2.05) is 32.0 Å². The Morgan fingerprint density at radius 1 is 1.22 bits per heavy atom. The van der Waals surface area contributed by atoms with Gasteiger partial charge in [0, 0.05) is 5.56 Å². The lowest BCUT2D eigenvalue weighted by Gasteiger charge is -2.06. The molecule has 0 aliphatic rings. The number of carbonyl (C=O) groups excluding carboxylic acids is 1. The van der Waals surface area contributed by atoms with Crippen LogP contribution in [0.3, 0.4) is 0 Å². The first-order chi connectivity index (χ1) is 8.49. The maximum absolute atomic E-state index is 11.5. The number of ketones is 1. The highest BCUT2D eigenvalue weighted by molar-refractivity contribution is 5.94. The molecule has 18 heavy (non-hydrogen) atoms. The molecule has 4 heteroatoms. The zero-order valence-corrected chi connectivity index (χ0v) is 10.6. The van der Waals surface area contributed by atoms with Crippen LogP contribution in [0.2, 0.25) is 0 Å². The summed E-state index contributed by atoms with van der Waals surface area (Å²) in [7, 11) is 0. The second kappa shape index (κ2) is 4.56. The Morgan fingerprint density at radius 3 is 2.61 bits per heavy atom. The quantitative estimate of drug-likeness (QED) is 0.821. The molecule has 1 heterocycles. The Balaban J connectivity index is 2.65. The van der Waals surface area contributed by atoms with Crippen LogP contribution in [0.5, 0.6) is 0 Å². The number of rotatable bonds is 2. The van der Waals surface area contributed by atoms with Crippen molar-refractivity contribution in [1.29, 1.82) is 0 Å². The van der Waals surface area contributed by atoms with E-state index < -0.39 is 5.56 Å². The Morgan fingerprint density at radius 2 is 1.94 bits per heavy atom. The summed E-state index contributed by atoms with van der Waals surface area (Å²) in [5.41, 5.74) is 3.38. The lowest BCUT2D eigenvalue weighted by molar-refractivity contribution is 0.101. The standard InChI is InChI=1S/C14H14N2O2/c1-8-4-5-9(2)11(6-8)13-7-12(10(3)17)14(18)16-15-13/h4-7H,1-3H3,(H,16,18). The molecule has 0 aliphatic heterocycles. The van der Waals surface area contributed by atoms with Gasteiger partial charge in [0.25, 0.3) is 5.56 Å². The van der Waals surface area contributed by atoms with Crippen LogP contribution >= 0.6 is 0 Å². The number of hydrogen-bond acceptors (Lipinski definition) is 3. The van der Waals surface area contributed by atoms with E-state index in [0.717, 1.165) is 16.7 Å². The van der Waals surface area contributed by atoms with Gasteiger partial charge in [0.05, 0.1) is 11.3 Å². The van der Waals surface area contributed by atoms with Crippen LogP contribution < -0.4 is 5.56 Å². The van der Waals surface area contributed by atoms with Crippen molar-refractivity contribution in [3.8, 4) is 11.3 Å². The van der Waals surface area contributed by atoms with Gasteiger partial charge in [-0.1, -0.05) is 17.7 Å². The molecular weight excluding hydrogens is 228 g/mol. The van der Waals surface area contributed by atoms with Gasteiger partial charge in [-0.05, 0) is 38.5 Å². The molecule has 1 aromatic carbocycles. The van der Waals surface area contributed by atoms with Gasteiger partial charge >= 0.3 is 0 Å². The fourth-order valence-electron chi connectivity index (χ4n) is 1.82. The molecule has 0 radical (unpaired) electrons. The zero-order chi connectivity index (χ0) is 13.3. The van der Waals surface area contributed by atoms with E-state index in [1.54, 1.807) is 6.07 Å². The van der Waals surface area contributed by atoms with Gasteiger partial charge < -0.3 is 0 Å². The van der Waals surface area contributed by atoms with Crippen molar-refractivity contribution in [3.63, 3.8) is 0 Å². The molecule has 0 bridgehead atoms. The van der Waals surface area contributed by atoms with E-state index in [-0.39, 0.29) is 11.3 Å². The maximum Gasteiger partial charge on any atom is 0.275 e. The number of Topliss-reactive ketones (excluding diaryl/α,β-unsaturated/α-hetero) is 1. The van der Waals surface area contributed by atoms with Crippen molar-refractivity contribution < 1.29 is 4.79 Å². The zero-order valence-electron chi connectivity index (χ0n) is 10.6. The second-order valence-corrected chi connectivity index (χ2v) is 4.37. The highest BCUT2D eigenvalue weighted by atomic mass is 16.1. The molecule has 0 aliphatic carbocycles. The van der Waals surface area contributed by atoms with Gasteiger partial charge in [-0.15, -0.1) is 0 Å². The monoisotopic (exact) mass is 242 g/mol. The van der Waals surface area contributed by atoms with Crippen LogP contribution in [0.15, 0.2) is 29.1 Å². The van der Waals surface area contributed by atoms with Gasteiger partial charge in [-0.2, -0.15) is 5.10 Å². The molecule has 2 rings (SSSR count). The average Bonchev–Trinajstić information content (AvgIpc) is 2.33. The summed E-state index contributed by atoms with van der Waals surface area (Å²) < 4.78 is 0. The molecule has 4 nitrogen and oxygen atoms in total. The molecule has 0 unspecified atom stereocenters. The molecule has 0 atom stereocenters. The average molecular weight is 242 g/mol. The first kappa shape index (κ1) is 12.2. The number of nitrogens with one attached hydrogen (secondary N) is 1. The summed E-state index contributed by atoms with van der Waals surface area (Å²) in [4.78, 5) is 22.8. The number of carbonyl (C=O) groups is 1. The summed E-state index contributed by atoms with van der Waals surface area (Å²) in [6, 6.07) is 7.53. The number of aromatic amines is 1. The molecule has 2 aromatic rings. The number of aromatic nitrogens is 2. The van der Waals surface area contributed by atoms with Gasteiger partial charge in [0.15, 0.2) is 5.78 Å². The van der Waals surface area contributed by atoms with E-state index in [9.17, 15) is 9.59 Å². The summed E-state index contributed by atoms with van der Waals surface area (Å²) >= 11 is 0. The van der Waals surface area contributed by atoms with Crippen molar-refractivity contribution in [1.82, 2.24) is 10.2 Å². The Hall–Kier alpha value is -2.23. The van der Waals surface area contributed by atoms with Crippen molar-refractivity contribution in [2.45, 2.75) is 20.8 Å².